The van der Waals surface area contributed by atoms with E-state index >= 15 is 0 Å². The second kappa shape index (κ2) is 4.72. The summed E-state index contributed by atoms with van der Waals surface area (Å²) in [4.78, 5) is 4.41. The van der Waals surface area contributed by atoms with Crippen molar-refractivity contribution in [1.29, 1.82) is 5.26 Å². The van der Waals surface area contributed by atoms with Crippen molar-refractivity contribution < 1.29 is 0 Å². The van der Waals surface area contributed by atoms with Gasteiger partial charge in [-0.25, -0.2) is 0 Å². The number of fused-ring (bicyclic) bond motifs is 1. The van der Waals surface area contributed by atoms with Crippen molar-refractivity contribution in [3.05, 3.63) is 65.3 Å². The second-order valence-electron chi connectivity index (χ2n) is 4.22. The van der Waals surface area contributed by atoms with Crippen LogP contribution in [0.4, 0.5) is 0 Å². The van der Waals surface area contributed by atoms with Crippen molar-refractivity contribution in [1.82, 2.24) is 4.98 Å². The molecule has 0 amide bonds. The van der Waals surface area contributed by atoms with Gasteiger partial charge in [0.2, 0.25) is 0 Å². The maximum atomic E-state index is 8.94. The number of aromatic nitrogens is 1. The third kappa shape index (κ3) is 2.16. The van der Waals surface area contributed by atoms with Gasteiger partial charge in [0.1, 0.15) is 0 Å². The highest BCUT2D eigenvalue weighted by atomic mass is 35.5. The van der Waals surface area contributed by atoms with E-state index < -0.39 is 0 Å². The number of nitriles is 1. The normalized spacial score (nSPS) is 10.3. The number of pyridine rings is 1. The summed E-state index contributed by atoms with van der Waals surface area (Å²) in [5, 5.41) is 10.6. The number of benzene rings is 2. The minimum absolute atomic E-state index is 0.630. The molecule has 0 unspecified atom stereocenters. The van der Waals surface area contributed by atoms with Crippen LogP contribution in [0.2, 0.25) is 5.02 Å². The molecule has 3 heteroatoms. The van der Waals surface area contributed by atoms with Crippen LogP contribution in [-0.4, -0.2) is 4.98 Å². The molecule has 0 aliphatic heterocycles. The van der Waals surface area contributed by atoms with Gasteiger partial charge in [0.05, 0.1) is 17.1 Å². The Bertz CT molecular complexity index is 803. The molecule has 0 bridgehead atoms. The van der Waals surface area contributed by atoms with Crippen LogP contribution in [0.25, 0.3) is 22.0 Å². The number of hydrogen-bond donors (Lipinski definition) is 0. The lowest BCUT2D eigenvalue weighted by Gasteiger charge is -2.05. The van der Waals surface area contributed by atoms with E-state index in [-0.39, 0.29) is 0 Å². The Hall–Kier alpha value is -2.37. The van der Waals surface area contributed by atoms with Crippen LogP contribution in [0.15, 0.2) is 54.7 Å². The number of hydrogen-bond acceptors (Lipinski definition) is 2. The first-order chi connectivity index (χ1) is 9.28. The molecule has 2 aromatic carbocycles. The Balaban J connectivity index is 2.21. The average molecular weight is 265 g/mol. The van der Waals surface area contributed by atoms with Gasteiger partial charge in [-0.15, -0.1) is 0 Å². The summed E-state index contributed by atoms with van der Waals surface area (Å²) in [5.74, 6) is 0. The van der Waals surface area contributed by atoms with Gasteiger partial charge in [-0.05, 0) is 30.3 Å². The molecule has 0 aliphatic rings. The van der Waals surface area contributed by atoms with Gasteiger partial charge >= 0.3 is 0 Å². The molecule has 1 aromatic heterocycles. The average Bonchev–Trinajstić information content (AvgIpc) is 2.46. The lowest BCUT2D eigenvalue weighted by molar-refractivity contribution is 1.40. The minimum atomic E-state index is 0.630. The molecule has 3 rings (SSSR count). The summed E-state index contributed by atoms with van der Waals surface area (Å²) >= 11 is 6.19. The second-order valence-corrected chi connectivity index (χ2v) is 4.63. The first-order valence-electron chi connectivity index (χ1n) is 5.83. The van der Waals surface area contributed by atoms with Crippen molar-refractivity contribution in [2.24, 2.45) is 0 Å². The van der Waals surface area contributed by atoms with Gasteiger partial charge in [0, 0.05) is 27.7 Å². The van der Waals surface area contributed by atoms with Crippen molar-refractivity contribution in [2.75, 3.05) is 0 Å². The van der Waals surface area contributed by atoms with Crippen LogP contribution in [0.3, 0.4) is 0 Å². The van der Waals surface area contributed by atoms with E-state index in [1.54, 1.807) is 12.3 Å². The zero-order valence-electron chi connectivity index (χ0n) is 9.97. The number of halogens is 1. The maximum Gasteiger partial charge on any atom is 0.0991 e. The first kappa shape index (κ1) is 11.7. The van der Waals surface area contributed by atoms with Gasteiger partial charge < -0.3 is 0 Å². The molecule has 0 fully saturated rings. The Morgan fingerprint density at radius 2 is 1.89 bits per heavy atom. The quantitative estimate of drug-likeness (QED) is 0.652. The van der Waals surface area contributed by atoms with E-state index in [0.29, 0.717) is 10.6 Å². The van der Waals surface area contributed by atoms with Gasteiger partial charge in [-0.3, -0.25) is 4.98 Å². The lowest BCUT2D eigenvalue weighted by atomic mass is 10.0. The Kier molecular flexibility index (Phi) is 2.91. The van der Waals surface area contributed by atoms with E-state index in [2.05, 4.69) is 11.1 Å². The lowest BCUT2D eigenvalue weighted by Crippen LogP contribution is -1.85. The standard InChI is InChI=1S/C16H9ClN2/c17-15-4-2-1-3-14(15)13-8-12-7-11(9-18)5-6-16(12)19-10-13/h1-8,10H. The molecule has 0 spiro atoms. The van der Waals surface area contributed by atoms with E-state index in [0.717, 1.165) is 22.0 Å². The minimum Gasteiger partial charge on any atom is -0.256 e. The third-order valence-electron chi connectivity index (χ3n) is 3.00. The molecule has 90 valence electrons. The van der Waals surface area contributed by atoms with Crippen LogP contribution >= 0.6 is 11.6 Å². The summed E-state index contributed by atoms with van der Waals surface area (Å²) in [6.45, 7) is 0. The molecule has 0 aliphatic carbocycles. The zero-order valence-corrected chi connectivity index (χ0v) is 10.7. The van der Waals surface area contributed by atoms with Gasteiger partial charge in [0.25, 0.3) is 0 Å². The highest BCUT2D eigenvalue weighted by Crippen LogP contribution is 2.29. The highest BCUT2D eigenvalue weighted by Gasteiger charge is 2.05. The summed E-state index contributed by atoms with van der Waals surface area (Å²) in [6.07, 6.45) is 1.80. The van der Waals surface area contributed by atoms with Crippen molar-refractivity contribution in [2.45, 2.75) is 0 Å². The van der Waals surface area contributed by atoms with Gasteiger partial charge in [-0.2, -0.15) is 5.26 Å². The molecule has 0 N–H and O–H groups in total. The Labute approximate surface area is 115 Å². The fourth-order valence-electron chi connectivity index (χ4n) is 2.04. The molecule has 1 heterocycles. The summed E-state index contributed by atoms with van der Waals surface area (Å²) in [5.41, 5.74) is 3.40. The smallest absolute Gasteiger partial charge is 0.0991 e. The molecular weight excluding hydrogens is 256 g/mol. The van der Waals surface area contributed by atoms with E-state index in [4.69, 9.17) is 16.9 Å². The van der Waals surface area contributed by atoms with Crippen molar-refractivity contribution in [3.63, 3.8) is 0 Å². The summed E-state index contributed by atoms with van der Waals surface area (Å²) in [7, 11) is 0. The number of rotatable bonds is 1. The topological polar surface area (TPSA) is 36.7 Å². The third-order valence-corrected chi connectivity index (χ3v) is 3.32. The first-order valence-corrected chi connectivity index (χ1v) is 6.20. The molecule has 0 saturated carbocycles. The van der Waals surface area contributed by atoms with Crippen LogP contribution in [0.5, 0.6) is 0 Å². The van der Waals surface area contributed by atoms with Crippen LogP contribution < -0.4 is 0 Å². The van der Waals surface area contributed by atoms with Gasteiger partial charge in [-0.1, -0.05) is 29.8 Å². The molecule has 0 atom stereocenters. The predicted octanol–water partition coefficient (Wildman–Crippen LogP) is 4.43. The Morgan fingerprint density at radius 1 is 1.05 bits per heavy atom. The molecule has 2 nitrogen and oxygen atoms in total. The van der Waals surface area contributed by atoms with Crippen molar-refractivity contribution in [3.8, 4) is 17.2 Å². The molecule has 19 heavy (non-hydrogen) atoms. The zero-order chi connectivity index (χ0) is 13.2. The summed E-state index contributed by atoms with van der Waals surface area (Å²) in [6, 6.07) is 17.2. The van der Waals surface area contributed by atoms with E-state index in [1.165, 1.54) is 0 Å². The summed E-state index contributed by atoms with van der Waals surface area (Å²) < 4.78 is 0. The van der Waals surface area contributed by atoms with E-state index in [1.807, 2.05) is 42.5 Å². The van der Waals surface area contributed by atoms with Crippen molar-refractivity contribution >= 4 is 22.5 Å². The highest BCUT2D eigenvalue weighted by molar-refractivity contribution is 6.33. The van der Waals surface area contributed by atoms with Crippen LogP contribution in [-0.2, 0) is 0 Å². The van der Waals surface area contributed by atoms with Gasteiger partial charge in [0.15, 0.2) is 0 Å². The number of nitrogens with zero attached hydrogens (tertiary/aromatic N) is 2. The largest absolute Gasteiger partial charge is 0.256 e. The molecule has 0 saturated heterocycles. The monoisotopic (exact) mass is 264 g/mol. The molecule has 0 radical (unpaired) electrons. The molecule has 3 aromatic rings. The predicted molar refractivity (Wildman–Crippen MR) is 76.9 cm³/mol. The van der Waals surface area contributed by atoms with Crippen LogP contribution in [0, 0.1) is 11.3 Å². The fourth-order valence-corrected chi connectivity index (χ4v) is 2.29. The Morgan fingerprint density at radius 3 is 2.68 bits per heavy atom. The maximum absolute atomic E-state index is 8.94. The molecular formula is C16H9ClN2. The SMILES string of the molecule is N#Cc1ccc2ncc(-c3ccccc3Cl)cc2c1. The fraction of sp³-hybridized carbons (Fsp3) is 0. The van der Waals surface area contributed by atoms with Crippen LogP contribution in [0.1, 0.15) is 5.56 Å². The van der Waals surface area contributed by atoms with E-state index in [9.17, 15) is 0 Å².